The Kier molecular flexibility index (Phi) is 9.21. The van der Waals surface area contributed by atoms with Gasteiger partial charge in [-0.05, 0) is 61.4 Å². The van der Waals surface area contributed by atoms with E-state index < -0.39 is 27.9 Å². The fraction of sp³-hybridized carbons (Fsp3) is 0.280. The van der Waals surface area contributed by atoms with E-state index in [4.69, 9.17) is 0 Å². The molecule has 0 spiro atoms. The summed E-state index contributed by atoms with van der Waals surface area (Å²) in [7, 11) is -3.79. The fourth-order valence-corrected chi connectivity index (χ4v) is 5.94. The Morgan fingerprint density at radius 1 is 1.00 bits per heavy atom. The Labute approximate surface area is 216 Å². The van der Waals surface area contributed by atoms with Crippen molar-refractivity contribution in [3.05, 3.63) is 71.9 Å². The second-order valence-electron chi connectivity index (χ2n) is 7.97. The molecule has 198 valence electrons. The van der Waals surface area contributed by atoms with Crippen LogP contribution in [0.25, 0.3) is 11.3 Å². The molecule has 1 heterocycles. The van der Waals surface area contributed by atoms with E-state index in [9.17, 15) is 30.8 Å². The van der Waals surface area contributed by atoms with Crippen LogP contribution in [0.5, 0.6) is 0 Å². The summed E-state index contributed by atoms with van der Waals surface area (Å²) >= 11 is 1.000. The van der Waals surface area contributed by atoms with Crippen LogP contribution in [0, 0.1) is 5.82 Å². The average molecular weight is 556 g/mol. The van der Waals surface area contributed by atoms with Crippen LogP contribution >= 0.6 is 11.3 Å². The van der Waals surface area contributed by atoms with E-state index in [1.807, 2.05) is 13.8 Å². The number of hydrogen-bond acceptors (Lipinski definition) is 5. The van der Waals surface area contributed by atoms with Crippen LogP contribution < -0.4 is 4.90 Å². The minimum atomic E-state index is -4.70. The topological polar surface area (TPSA) is 70.6 Å². The molecule has 2 aromatic carbocycles. The molecule has 0 fully saturated rings. The van der Waals surface area contributed by atoms with E-state index in [1.165, 1.54) is 52.8 Å². The van der Waals surface area contributed by atoms with Gasteiger partial charge in [0, 0.05) is 36.2 Å². The van der Waals surface area contributed by atoms with E-state index in [0.717, 1.165) is 16.2 Å². The van der Waals surface area contributed by atoms with Crippen molar-refractivity contribution in [1.82, 2.24) is 9.29 Å². The van der Waals surface area contributed by atoms with Gasteiger partial charge in [0.1, 0.15) is 5.82 Å². The first-order chi connectivity index (χ1) is 17.5. The summed E-state index contributed by atoms with van der Waals surface area (Å²) in [6.45, 7) is 4.42. The summed E-state index contributed by atoms with van der Waals surface area (Å²) in [6.07, 6.45) is -3.24. The molecule has 0 saturated carbocycles. The normalized spacial score (nSPS) is 12.4. The minimum Gasteiger partial charge on any atom is -0.269 e. The Morgan fingerprint density at radius 3 is 2.14 bits per heavy atom. The van der Waals surface area contributed by atoms with Gasteiger partial charge in [0.05, 0.1) is 16.3 Å². The lowest BCUT2D eigenvalue weighted by atomic mass is 10.2. The van der Waals surface area contributed by atoms with Crippen molar-refractivity contribution in [2.75, 3.05) is 18.0 Å². The zero-order chi connectivity index (χ0) is 27.2. The van der Waals surface area contributed by atoms with Crippen molar-refractivity contribution >= 4 is 38.1 Å². The van der Waals surface area contributed by atoms with Crippen molar-refractivity contribution in [2.24, 2.45) is 0 Å². The molecule has 0 atom stereocenters. The monoisotopic (exact) mass is 555 g/mol. The summed E-state index contributed by atoms with van der Waals surface area (Å²) in [5.41, 5.74) is 1.08. The van der Waals surface area contributed by atoms with E-state index >= 15 is 0 Å². The Bertz CT molecular complexity index is 1330. The van der Waals surface area contributed by atoms with Gasteiger partial charge in [-0.2, -0.15) is 17.5 Å². The van der Waals surface area contributed by atoms with E-state index in [0.29, 0.717) is 43.3 Å². The highest BCUT2D eigenvalue weighted by molar-refractivity contribution is 7.89. The lowest BCUT2D eigenvalue weighted by Crippen LogP contribution is -2.32. The Balaban J connectivity index is 2.01. The van der Waals surface area contributed by atoms with Crippen molar-refractivity contribution in [3.63, 3.8) is 0 Å². The molecule has 0 radical (unpaired) electrons. The number of carbonyl (C=O) groups is 1. The van der Waals surface area contributed by atoms with Crippen LogP contribution in [0.15, 0.2) is 71.0 Å². The number of aromatic nitrogens is 1. The summed E-state index contributed by atoms with van der Waals surface area (Å²) < 4.78 is 79.0. The number of hydrogen-bond donors (Lipinski definition) is 0. The van der Waals surface area contributed by atoms with Crippen LogP contribution in [0.1, 0.15) is 26.7 Å². The highest BCUT2D eigenvalue weighted by Gasteiger charge is 2.27. The fourth-order valence-electron chi connectivity index (χ4n) is 3.46. The maximum absolute atomic E-state index is 13.3. The molecule has 0 aliphatic carbocycles. The highest BCUT2D eigenvalue weighted by atomic mass is 32.2. The molecule has 0 unspecified atom stereocenters. The Morgan fingerprint density at radius 2 is 1.59 bits per heavy atom. The van der Waals surface area contributed by atoms with Crippen LogP contribution in [0.2, 0.25) is 0 Å². The highest BCUT2D eigenvalue weighted by Crippen LogP contribution is 2.34. The first kappa shape index (κ1) is 28.5. The molecule has 6 nitrogen and oxygen atoms in total. The van der Waals surface area contributed by atoms with E-state index in [-0.39, 0.29) is 21.8 Å². The molecule has 0 aliphatic rings. The minimum absolute atomic E-state index is 0.00234. The number of alkyl halides is 3. The number of halogens is 4. The quantitative estimate of drug-likeness (QED) is 0.210. The first-order valence-corrected chi connectivity index (χ1v) is 13.7. The van der Waals surface area contributed by atoms with E-state index in [1.54, 1.807) is 5.38 Å². The van der Waals surface area contributed by atoms with Crippen molar-refractivity contribution in [3.8, 4) is 11.3 Å². The van der Waals surface area contributed by atoms with Crippen molar-refractivity contribution in [2.45, 2.75) is 37.8 Å². The van der Waals surface area contributed by atoms with Gasteiger partial charge in [-0.25, -0.2) is 17.8 Å². The smallest absolute Gasteiger partial charge is 0.269 e. The maximum atomic E-state index is 13.3. The second kappa shape index (κ2) is 12.0. The SMILES string of the molecule is CCCN(CCC)S(=O)(=O)c1ccc(N(C(=O)C=CC(F)(F)F)c2nc(-c3ccc(F)cc3)cs2)cc1. The number of benzene rings is 2. The predicted molar refractivity (Wildman–Crippen MR) is 136 cm³/mol. The third kappa shape index (κ3) is 7.24. The standard InChI is InChI=1S/C25H25F4N3O3S2/c1-3-15-31(16-4-2)37(34,35)21-11-9-20(10-12-21)32(23(33)13-14-25(27,28)29)24-30-22(17-36-24)18-5-7-19(26)8-6-18/h5-14,17H,3-4,15-16H2,1-2H3. The molecule has 3 rings (SSSR count). The Hall–Kier alpha value is -3.09. The van der Waals surface area contributed by atoms with Crippen molar-refractivity contribution in [1.29, 1.82) is 0 Å². The summed E-state index contributed by atoms with van der Waals surface area (Å²) in [4.78, 5) is 18.2. The zero-order valence-electron chi connectivity index (χ0n) is 20.1. The first-order valence-electron chi connectivity index (χ1n) is 11.4. The van der Waals surface area contributed by atoms with Crippen LogP contribution in [0.4, 0.5) is 28.4 Å². The molecular weight excluding hydrogens is 530 g/mol. The van der Waals surface area contributed by atoms with Gasteiger partial charge in [0.25, 0.3) is 5.91 Å². The number of nitrogens with zero attached hydrogens (tertiary/aromatic N) is 3. The zero-order valence-corrected chi connectivity index (χ0v) is 21.7. The lowest BCUT2D eigenvalue weighted by Gasteiger charge is -2.22. The molecule has 0 saturated heterocycles. The summed E-state index contributed by atoms with van der Waals surface area (Å²) in [5.74, 6) is -1.47. The second-order valence-corrected chi connectivity index (χ2v) is 10.7. The third-order valence-electron chi connectivity index (χ3n) is 5.14. The van der Waals surface area contributed by atoms with Gasteiger partial charge in [-0.15, -0.1) is 11.3 Å². The molecule has 12 heteroatoms. The van der Waals surface area contributed by atoms with Crippen LogP contribution in [0.3, 0.4) is 0 Å². The van der Waals surface area contributed by atoms with Gasteiger partial charge in [-0.1, -0.05) is 13.8 Å². The lowest BCUT2D eigenvalue weighted by molar-refractivity contribution is -0.114. The number of allylic oxidation sites excluding steroid dienone is 1. The van der Waals surface area contributed by atoms with Crippen LogP contribution in [-0.4, -0.2) is 42.9 Å². The summed E-state index contributed by atoms with van der Waals surface area (Å²) in [5, 5.41) is 1.65. The summed E-state index contributed by atoms with van der Waals surface area (Å²) in [6, 6.07) is 10.8. The molecule has 0 N–H and O–H groups in total. The molecule has 0 aliphatic heterocycles. The molecule has 3 aromatic rings. The molecule has 0 bridgehead atoms. The average Bonchev–Trinajstić information content (AvgIpc) is 3.33. The number of anilines is 2. The molecule has 37 heavy (non-hydrogen) atoms. The number of rotatable bonds is 10. The molecule has 1 amide bonds. The molecule has 1 aromatic heterocycles. The van der Waals surface area contributed by atoms with Crippen LogP contribution in [-0.2, 0) is 14.8 Å². The van der Waals surface area contributed by atoms with Gasteiger partial charge in [0.2, 0.25) is 10.0 Å². The number of thiazole rings is 1. The number of sulfonamides is 1. The number of amides is 1. The van der Waals surface area contributed by atoms with Gasteiger partial charge in [0.15, 0.2) is 5.13 Å². The van der Waals surface area contributed by atoms with Gasteiger partial charge < -0.3 is 0 Å². The maximum Gasteiger partial charge on any atom is 0.409 e. The largest absolute Gasteiger partial charge is 0.409 e. The van der Waals surface area contributed by atoms with Gasteiger partial charge >= 0.3 is 6.18 Å². The van der Waals surface area contributed by atoms with Gasteiger partial charge in [-0.3, -0.25) is 9.69 Å². The number of carbonyl (C=O) groups excluding carboxylic acids is 1. The third-order valence-corrected chi connectivity index (χ3v) is 7.88. The predicted octanol–water partition coefficient (Wildman–Crippen LogP) is 6.54. The van der Waals surface area contributed by atoms with Crippen molar-refractivity contribution < 1.29 is 30.8 Å². The molecular formula is C25H25F4N3O3S2. The van der Waals surface area contributed by atoms with E-state index in [2.05, 4.69) is 4.98 Å².